The first-order valence-corrected chi connectivity index (χ1v) is 5.46. The molecule has 0 aromatic heterocycles. The number of esters is 1. The van der Waals surface area contributed by atoms with E-state index in [-0.39, 0.29) is 0 Å². The molecule has 0 aliphatic heterocycles. The molecule has 0 bridgehead atoms. The molecule has 0 unspecified atom stereocenters. The van der Waals surface area contributed by atoms with E-state index in [0.29, 0.717) is 0 Å². The van der Waals surface area contributed by atoms with Crippen LogP contribution in [0.2, 0.25) is 0 Å². The van der Waals surface area contributed by atoms with Crippen LogP contribution >= 0.6 is 22.6 Å². The summed E-state index contributed by atoms with van der Waals surface area (Å²) in [7, 11) is 1.34. The fourth-order valence-electron chi connectivity index (χ4n) is 0.670. The first kappa shape index (κ1) is 11.8. The first-order valence-electron chi connectivity index (χ1n) is 3.94. The minimum absolute atomic E-state index is 0.441. The summed E-state index contributed by atoms with van der Waals surface area (Å²) in [6, 6.07) is 0. The third-order valence-corrected chi connectivity index (χ3v) is 2.07. The second kappa shape index (κ2) is 8.85. The van der Waals surface area contributed by atoms with Gasteiger partial charge in [0.15, 0.2) is 0 Å². The highest BCUT2D eigenvalue weighted by atomic mass is 127. The fraction of sp³-hybridized carbons (Fsp3) is 0.667. The average molecular weight is 280 g/mol. The van der Waals surface area contributed by atoms with E-state index >= 15 is 0 Å². The summed E-state index contributed by atoms with van der Waals surface area (Å²) in [5.74, 6) is 4.72. The lowest BCUT2D eigenvalue weighted by atomic mass is 10.2. The molecule has 0 aliphatic rings. The highest BCUT2D eigenvalue weighted by Gasteiger charge is 1.88. The van der Waals surface area contributed by atoms with Gasteiger partial charge in [-0.25, -0.2) is 4.79 Å². The Labute approximate surface area is 87.2 Å². The Bertz CT molecular complexity index is 179. The van der Waals surface area contributed by atoms with Crippen molar-refractivity contribution in [2.45, 2.75) is 25.7 Å². The van der Waals surface area contributed by atoms with E-state index in [9.17, 15) is 4.79 Å². The van der Waals surface area contributed by atoms with Crippen LogP contribution in [0.25, 0.3) is 0 Å². The van der Waals surface area contributed by atoms with E-state index in [2.05, 4.69) is 39.2 Å². The lowest BCUT2D eigenvalue weighted by Gasteiger charge is -1.90. The Balaban J connectivity index is 3.27. The van der Waals surface area contributed by atoms with Crippen molar-refractivity contribution < 1.29 is 9.53 Å². The summed E-state index contributed by atoms with van der Waals surface area (Å²) < 4.78 is 5.56. The molecule has 0 rings (SSSR count). The number of methoxy groups -OCH3 is 1. The second-order valence-electron chi connectivity index (χ2n) is 2.29. The Kier molecular flexibility index (Phi) is 8.68. The third kappa shape index (κ3) is 7.86. The zero-order chi connectivity index (χ0) is 9.23. The molecule has 0 fully saturated rings. The molecule has 0 atom stereocenters. The van der Waals surface area contributed by atoms with E-state index in [1.54, 1.807) is 0 Å². The topological polar surface area (TPSA) is 26.3 Å². The molecular formula is C9H13IO2. The van der Waals surface area contributed by atoms with Gasteiger partial charge in [0.25, 0.3) is 0 Å². The lowest BCUT2D eigenvalue weighted by Crippen LogP contribution is -1.94. The first-order chi connectivity index (χ1) is 5.81. The maximum absolute atomic E-state index is 10.5. The van der Waals surface area contributed by atoms with Crippen LogP contribution in [0.5, 0.6) is 0 Å². The van der Waals surface area contributed by atoms with Crippen LogP contribution in [0.1, 0.15) is 25.7 Å². The van der Waals surface area contributed by atoms with Crippen LogP contribution in [0.15, 0.2) is 0 Å². The molecule has 0 aromatic rings. The summed E-state index contributed by atoms with van der Waals surface area (Å²) >= 11 is 2.35. The molecule has 0 amide bonds. The highest BCUT2D eigenvalue weighted by Crippen LogP contribution is 2.00. The van der Waals surface area contributed by atoms with E-state index in [4.69, 9.17) is 0 Å². The van der Waals surface area contributed by atoms with Gasteiger partial charge in [0, 0.05) is 12.3 Å². The van der Waals surface area contributed by atoms with E-state index < -0.39 is 5.97 Å². The van der Waals surface area contributed by atoms with Gasteiger partial charge >= 0.3 is 5.97 Å². The van der Waals surface area contributed by atoms with E-state index in [0.717, 1.165) is 12.8 Å². The minimum atomic E-state index is -0.441. The molecule has 0 saturated carbocycles. The SMILES string of the molecule is COC(=O)C#CCCCCCI. The monoisotopic (exact) mass is 280 g/mol. The van der Waals surface area contributed by atoms with Gasteiger partial charge in [0.2, 0.25) is 0 Å². The van der Waals surface area contributed by atoms with Gasteiger partial charge in [-0.3, -0.25) is 0 Å². The molecule has 3 heteroatoms. The largest absolute Gasteiger partial charge is 0.459 e. The number of carbonyl (C=O) groups excluding carboxylic acids is 1. The van der Waals surface area contributed by atoms with Crippen molar-refractivity contribution in [3.8, 4) is 11.8 Å². The van der Waals surface area contributed by atoms with Gasteiger partial charge in [-0.05, 0) is 17.3 Å². The number of hydrogen-bond acceptors (Lipinski definition) is 2. The van der Waals surface area contributed by atoms with Crippen molar-refractivity contribution in [3.05, 3.63) is 0 Å². The predicted octanol–water partition coefficient (Wildman–Crippen LogP) is 2.16. The molecule has 12 heavy (non-hydrogen) atoms. The van der Waals surface area contributed by atoms with Gasteiger partial charge in [0.05, 0.1) is 7.11 Å². The maximum Gasteiger partial charge on any atom is 0.384 e. The van der Waals surface area contributed by atoms with Crippen molar-refractivity contribution in [1.82, 2.24) is 0 Å². The zero-order valence-corrected chi connectivity index (χ0v) is 9.39. The van der Waals surface area contributed by atoms with Crippen LogP contribution in [0, 0.1) is 11.8 Å². The Morgan fingerprint density at radius 3 is 2.75 bits per heavy atom. The molecule has 68 valence electrons. The maximum atomic E-state index is 10.5. The number of alkyl halides is 1. The van der Waals surface area contributed by atoms with Crippen molar-refractivity contribution in [2.24, 2.45) is 0 Å². The van der Waals surface area contributed by atoms with Crippen LogP contribution in [0.4, 0.5) is 0 Å². The average Bonchev–Trinajstić information content (AvgIpc) is 2.10. The molecule has 0 spiro atoms. The highest BCUT2D eigenvalue weighted by molar-refractivity contribution is 14.1. The standard InChI is InChI=1S/C9H13IO2/c1-12-9(11)7-5-3-2-4-6-8-10/h2-4,6,8H2,1H3. The Morgan fingerprint density at radius 1 is 1.42 bits per heavy atom. The summed E-state index contributed by atoms with van der Waals surface area (Å²) in [5.41, 5.74) is 0. The Morgan fingerprint density at radius 2 is 2.17 bits per heavy atom. The molecule has 0 radical (unpaired) electrons. The summed E-state index contributed by atoms with van der Waals surface area (Å²) in [4.78, 5) is 10.5. The number of ether oxygens (including phenoxy) is 1. The number of unbranched alkanes of at least 4 members (excludes halogenated alkanes) is 3. The third-order valence-electron chi connectivity index (χ3n) is 1.31. The smallest absolute Gasteiger partial charge is 0.384 e. The Hall–Kier alpha value is -0.240. The van der Waals surface area contributed by atoms with Gasteiger partial charge in [-0.15, -0.1) is 0 Å². The molecule has 0 heterocycles. The quantitative estimate of drug-likeness (QED) is 0.197. The zero-order valence-electron chi connectivity index (χ0n) is 7.23. The molecular weight excluding hydrogens is 267 g/mol. The summed E-state index contributed by atoms with van der Waals surface area (Å²) in [5, 5.41) is 0. The van der Waals surface area contributed by atoms with Gasteiger partial charge in [-0.1, -0.05) is 34.9 Å². The summed E-state index contributed by atoms with van der Waals surface area (Å²) in [6.45, 7) is 0. The fourth-order valence-corrected chi connectivity index (χ4v) is 1.21. The van der Waals surface area contributed by atoms with Crippen molar-refractivity contribution >= 4 is 28.6 Å². The minimum Gasteiger partial charge on any atom is -0.459 e. The van der Waals surface area contributed by atoms with Gasteiger partial charge in [0.1, 0.15) is 0 Å². The van der Waals surface area contributed by atoms with Crippen LogP contribution in [-0.4, -0.2) is 17.5 Å². The van der Waals surface area contributed by atoms with Gasteiger partial charge in [-0.2, -0.15) is 0 Å². The number of rotatable bonds is 4. The van der Waals surface area contributed by atoms with Crippen molar-refractivity contribution in [3.63, 3.8) is 0 Å². The van der Waals surface area contributed by atoms with Crippen molar-refractivity contribution in [2.75, 3.05) is 11.5 Å². The second-order valence-corrected chi connectivity index (χ2v) is 3.37. The molecule has 0 N–H and O–H groups in total. The predicted molar refractivity (Wildman–Crippen MR) is 57.1 cm³/mol. The normalized spacial score (nSPS) is 8.50. The molecule has 2 nitrogen and oxygen atoms in total. The molecule has 0 aromatic carbocycles. The van der Waals surface area contributed by atoms with Crippen LogP contribution < -0.4 is 0 Å². The van der Waals surface area contributed by atoms with E-state index in [1.165, 1.54) is 24.4 Å². The van der Waals surface area contributed by atoms with E-state index in [1.807, 2.05) is 0 Å². The lowest BCUT2D eigenvalue weighted by molar-refractivity contribution is -0.133. The molecule has 0 aliphatic carbocycles. The van der Waals surface area contributed by atoms with Gasteiger partial charge < -0.3 is 4.74 Å². The molecule has 0 saturated heterocycles. The number of hydrogen-bond donors (Lipinski definition) is 0. The number of carbonyl (C=O) groups is 1. The number of halogens is 1. The summed E-state index contributed by atoms with van der Waals surface area (Å²) in [6.07, 6.45) is 4.30. The van der Waals surface area contributed by atoms with Crippen molar-refractivity contribution in [1.29, 1.82) is 0 Å². The van der Waals surface area contributed by atoms with Crippen LogP contribution in [0.3, 0.4) is 0 Å². The van der Waals surface area contributed by atoms with Crippen LogP contribution in [-0.2, 0) is 9.53 Å².